The quantitative estimate of drug-likeness (QED) is 0.621. The van der Waals surface area contributed by atoms with Gasteiger partial charge in [0.1, 0.15) is 0 Å². The third kappa shape index (κ3) is 1.80. The van der Waals surface area contributed by atoms with Gasteiger partial charge in [0.05, 0.1) is 12.2 Å². The van der Waals surface area contributed by atoms with E-state index in [1.54, 1.807) is 0 Å². The lowest BCUT2D eigenvalue weighted by Crippen LogP contribution is -2.43. The van der Waals surface area contributed by atoms with Crippen LogP contribution in [-0.4, -0.2) is 36.7 Å². The van der Waals surface area contributed by atoms with Crippen molar-refractivity contribution in [1.82, 2.24) is 4.90 Å². The highest BCUT2D eigenvalue weighted by Gasteiger charge is 2.33. The second-order valence-electron chi connectivity index (χ2n) is 4.57. The molecule has 0 radical (unpaired) electrons. The third-order valence-corrected chi connectivity index (χ3v) is 2.74. The van der Waals surface area contributed by atoms with Crippen LogP contribution in [-0.2, 0) is 4.74 Å². The number of morpholine rings is 1. The van der Waals surface area contributed by atoms with Gasteiger partial charge in [-0.05, 0) is 18.8 Å². The fraction of sp³-hybridized carbons (Fsp3) is 1.00. The van der Waals surface area contributed by atoms with E-state index in [0.29, 0.717) is 12.2 Å². The lowest BCUT2D eigenvalue weighted by atomic mass is 10.2. The minimum Gasteiger partial charge on any atom is -0.372 e. The van der Waals surface area contributed by atoms with Crippen molar-refractivity contribution in [3.8, 4) is 0 Å². The van der Waals surface area contributed by atoms with Gasteiger partial charge in [-0.15, -0.1) is 0 Å². The molecule has 2 heteroatoms. The number of likely N-dealkylation sites (tertiary alicyclic amines) is 1. The fourth-order valence-electron chi connectivity index (χ4n) is 2.36. The normalized spacial score (nSPS) is 36.2. The summed E-state index contributed by atoms with van der Waals surface area (Å²) < 4.78 is 5.77. The van der Waals surface area contributed by atoms with Crippen LogP contribution in [0, 0.1) is 5.92 Å². The smallest absolute Gasteiger partial charge is 0.0707 e. The van der Waals surface area contributed by atoms with E-state index >= 15 is 0 Å². The third-order valence-electron chi connectivity index (χ3n) is 2.74. The lowest BCUT2D eigenvalue weighted by molar-refractivity contribution is -0.0412. The fourth-order valence-corrected chi connectivity index (χ4v) is 2.36. The largest absolute Gasteiger partial charge is 0.372 e. The zero-order chi connectivity index (χ0) is 8.55. The monoisotopic (exact) mass is 169 g/mol. The average molecular weight is 169 g/mol. The molecule has 0 N–H and O–H groups in total. The SMILES string of the molecule is CC(C)CN1CC2CCC(C1)O2. The van der Waals surface area contributed by atoms with Gasteiger partial charge in [0.2, 0.25) is 0 Å². The minimum atomic E-state index is 0.558. The summed E-state index contributed by atoms with van der Waals surface area (Å²) in [4.78, 5) is 2.57. The van der Waals surface area contributed by atoms with E-state index in [9.17, 15) is 0 Å². The summed E-state index contributed by atoms with van der Waals surface area (Å²) in [5.41, 5.74) is 0. The van der Waals surface area contributed by atoms with Crippen LogP contribution in [0.25, 0.3) is 0 Å². The predicted octanol–water partition coefficient (Wildman–Crippen LogP) is 1.51. The molecule has 70 valence electrons. The van der Waals surface area contributed by atoms with E-state index < -0.39 is 0 Å². The first-order valence-electron chi connectivity index (χ1n) is 5.12. The zero-order valence-corrected chi connectivity index (χ0v) is 8.12. The topological polar surface area (TPSA) is 12.5 Å². The minimum absolute atomic E-state index is 0.558. The number of rotatable bonds is 2. The molecular weight excluding hydrogens is 150 g/mol. The van der Waals surface area contributed by atoms with Crippen molar-refractivity contribution in [2.24, 2.45) is 5.92 Å². The maximum absolute atomic E-state index is 5.77. The van der Waals surface area contributed by atoms with Crippen molar-refractivity contribution in [2.45, 2.75) is 38.9 Å². The molecule has 0 aliphatic carbocycles. The highest BCUT2D eigenvalue weighted by Crippen LogP contribution is 2.26. The Morgan fingerprint density at radius 3 is 2.33 bits per heavy atom. The lowest BCUT2D eigenvalue weighted by Gasteiger charge is -2.33. The Kier molecular flexibility index (Phi) is 2.37. The molecule has 2 rings (SSSR count). The highest BCUT2D eigenvalue weighted by molar-refractivity contribution is 4.84. The first-order valence-corrected chi connectivity index (χ1v) is 5.12. The molecule has 2 unspecified atom stereocenters. The molecule has 0 spiro atoms. The van der Waals surface area contributed by atoms with Gasteiger partial charge in [-0.25, -0.2) is 0 Å². The molecule has 2 nitrogen and oxygen atoms in total. The Labute approximate surface area is 74.9 Å². The Morgan fingerprint density at radius 1 is 1.25 bits per heavy atom. The molecule has 2 aliphatic heterocycles. The van der Waals surface area contributed by atoms with Gasteiger partial charge in [-0.3, -0.25) is 4.90 Å². The van der Waals surface area contributed by atoms with Crippen LogP contribution < -0.4 is 0 Å². The number of hydrogen-bond donors (Lipinski definition) is 0. The van der Waals surface area contributed by atoms with E-state index in [-0.39, 0.29) is 0 Å². The molecule has 2 saturated heterocycles. The van der Waals surface area contributed by atoms with Crippen LogP contribution in [0.15, 0.2) is 0 Å². The number of ether oxygens (including phenoxy) is 1. The van der Waals surface area contributed by atoms with Gasteiger partial charge in [0.25, 0.3) is 0 Å². The second-order valence-corrected chi connectivity index (χ2v) is 4.57. The van der Waals surface area contributed by atoms with Crippen molar-refractivity contribution >= 4 is 0 Å². The average Bonchev–Trinajstić information content (AvgIpc) is 2.29. The van der Waals surface area contributed by atoms with Gasteiger partial charge in [-0.2, -0.15) is 0 Å². The first kappa shape index (κ1) is 8.52. The van der Waals surface area contributed by atoms with Crippen LogP contribution in [0.1, 0.15) is 26.7 Å². The molecule has 2 aliphatic rings. The van der Waals surface area contributed by atoms with Crippen molar-refractivity contribution in [3.05, 3.63) is 0 Å². The van der Waals surface area contributed by atoms with E-state index in [4.69, 9.17) is 4.74 Å². The van der Waals surface area contributed by atoms with Gasteiger partial charge in [0.15, 0.2) is 0 Å². The van der Waals surface area contributed by atoms with Crippen LogP contribution in [0.3, 0.4) is 0 Å². The van der Waals surface area contributed by atoms with Crippen LogP contribution in [0.4, 0.5) is 0 Å². The van der Waals surface area contributed by atoms with E-state index in [2.05, 4.69) is 18.7 Å². The van der Waals surface area contributed by atoms with Crippen molar-refractivity contribution in [2.75, 3.05) is 19.6 Å². The summed E-state index contributed by atoms with van der Waals surface area (Å²) in [6.45, 7) is 8.18. The summed E-state index contributed by atoms with van der Waals surface area (Å²) >= 11 is 0. The maximum Gasteiger partial charge on any atom is 0.0707 e. The van der Waals surface area contributed by atoms with Crippen molar-refractivity contribution in [3.63, 3.8) is 0 Å². The molecule has 2 atom stereocenters. The van der Waals surface area contributed by atoms with Crippen LogP contribution in [0.2, 0.25) is 0 Å². The number of hydrogen-bond acceptors (Lipinski definition) is 2. The predicted molar refractivity (Wildman–Crippen MR) is 49.2 cm³/mol. The standard InChI is InChI=1S/C10H19NO/c1-8(2)5-11-6-9-3-4-10(7-11)12-9/h8-10H,3-7H2,1-2H3. The summed E-state index contributed by atoms with van der Waals surface area (Å²) in [6, 6.07) is 0. The van der Waals surface area contributed by atoms with E-state index in [1.165, 1.54) is 32.5 Å². The van der Waals surface area contributed by atoms with Crippen molar-refractivity contribution < 1.29 is 4.74 Å². The number of nitrogens with zero attached hydrogens (tertiary/aromatic N) is 1. The summed E-state index contributed by atoms with van der Waals surface area (Å²) in [5, 5.41) is 0. The summed E-state index contributed by atoms with van der Waals surface area (Å²) in [5.74, 6) is 0.794. The van der Waals surface area contributed by atoms with Gasteiger partial charge in [0, 0.05) is 19.6 Å². The maximum atomic E-state index is 5.77. The Balaban J connectivity index is 1.85. The van der Waals surface area contributed by atoms with Crippen LogP contribution >= 0.6 is 0 Å². The second kappa shape index (κ2) is 3.35. The molecule has 0 amide bonds. The Hall–Kier alpha value is -0.0800. The first-order chi connectivity index (χ1) is 5.74. The Morgan fingerprint density at radius 2 is 1.83 bits per heavy atom. The van der Waals surface area contributed by atoms with Gasteiger partial charge >= 0.3 is 0 Å². The molecule has 2 heterocycles. The van der Waals surface area contributed by atoms with Crippen molar-refractivity contribution in [1.29, 1.82) is 0 Å². The zero-order valence-electron chi connectivity index (χ0n) is 8.12. The molecule has 0 saturated carbocycles. The molecule has 12 heavy (non-hydrogen) atoms. The van der Waals surface area contributed by atoms with Gasteiger partial charge < -0.3 is 4.74 Å². The molecule has 0 aromatic heterocycles. The number of fused-ring (bicyclic) bond motifs is 2. The molecule has 0 aromatic carbocycles. The molecule has 0 aromatic rings. The van der Waals surface area contributed by atoms with Gasteiger partial charge in [-0.1, -0.05) is 13.8 Å². The van der Waals surface area contributed by atoms with E-state index in [0.717, 1.165) is 5.92 Å². The van der Waals surface area contributed by atoms with E-state index in [1.807, 2.05) is 0 Å². The molecular formula is C10H19NO. The molecule has 2 bridgehead atoms. The summed E-state index contributed by atoms with van der Waals surface area (Å²) in [7, 11) is 0. The highest BCUT2D eigenvalue weighted by atomic mass is 16.5. The van der Waals surface area contributed by atoms with Crippen LogP contribution in [0.5, 0.6) is 0 Å². The summed E-state index contributed by atoms with van der Waals surface area (Å²) in [6.07, 6.45) is 3.70. The Bertz CT molecular complexity index is 146. The molecule has 2 fully saturated rings.